The van der Waals surface area contributed by atoms with Crippen LogP contribution in [0, 0.1) is 0 Å². The van der Waals surface area contributed by atoms with Crippen molar-refractivity contribution in [2.24, 2.45) is 0 Å². The van der Waals surface area contributed by atoms with Crippen LogP contribution in [0.4, 0.5) is 10.2 Å². The van der Waals surface area contributed by atoms with Gasteiger partial charge in [-0.25, -0.2) is 9.18 Å². The highest BCUT2D eigenvalue weighted by molar-refractivity contribution is 5.50. The lowest BCUT2D eigenvalue weighted by Gasteiger charge is -2.16. The number of aliphatic hydroxyl groups excluding tert-OH is 6. The number of carbonyl (C=O) groups excluding carboxylic acids is 1. The number of alkyl halides is 1. The smallest absolute Gasteiger partial charge is 0.351 e. The molecule has 1 aliphatic heterocycles. The molecule has 2 heterocycles. The monoisotopic (exact) mass is 395 g/mol. The average molecular weight is 395 g/mol. The van der Waals surface area contributed by atoms with E-state index in [4.69, 9.17) is 30.9 Å². The Kier molecular flexibility index (Phi) is 8.84. The lowest BCUT2D eigenvalue weighted by atomic mass is 10.1. The molecule has 27 heavy (non-hydrogen) atoms. The van der Waals surface area contributed by atoms with Crippen molar-refractivity contribution >= 4 is 12.1 Å². The van der Waals surface area contributed by atoms with Crippen LogP contribution in [0.5, 0.6) is 0 Å². The Bertz CT molecular complexity index is 659. The fourth-order valence-corrected chi connectivity index (χ4v) is 2.15. The van der Waals surface area contributed by atoms with Crippen LogP contribution in [0.25, 0.3) is 0 Å². The number of aromatic nitrogens is 2. The summed E-state index contributed by atoms with van der Waals surface area (Å²) >= 11 is 0. The van der Waals surface area contributed by atoms with E-state index >= 15 is 0 Å². The fraction of sp³-hybridized carbons (Fsp3) is 0.643. The zero-order valence-corrected chi connectivity index (χ0v) is 13.9. The number of anilines is 1. The highest BCUT2D eigenvalue weighted by Crippen LogP contribution is 2.27. The quantitative estimate of drug-likeness (QED) is 0.231. The van der Waals surface area contributed by atoms with E-state index in [0.717, 1.165) is 4.57 Å². The molecular formula is C14H22FN3O9. The number of nitrogens with two attached hydrogens (primary N) is 1. The number of nitrogen functional groups attached to an aromatic ring is 1. The molecule has 0 aromatic carbocycles. The second kappa shape index (κ2) is 10.4. The predicted octanol–water partition coefficient (Wildman–Crippen LogP) is -3.98. The van der Waals surface area contributed by atoms with Crippen LogP contribution >= 0.6 is 0 Å². The Morgan fingerprint density at radius 3 is 2.41 bits per heavy atom. The SMILES string of the molecule is Nc1ccn([C@@H]2O[C@H](CO)[C@@H](O)[C@H]2O)c(=O)n1.O=CCC(O)C(O)C(O)F. The van der Waals surface area contributed by atoms with E-state index in [1.807, 2.05) is 0 Å². The van der Waals surface area contributed by atoms with Gasteiger partial charge in [-0.05, 0) is 6.07 Å². The first-order valence-corrected chi connectivity index (χ1v) is 7.73. The summed E-state index contributed by atoms with van der Waals surface area (Å²) in [6.45, 7) is -0.453. The number of halogens is 1. The number of aldehydes is 1. The van der Waals surface area contributed by atoms with Gasteiger partial charge in [0.15, 0.2) is 6.23 Å². The summed E-state index contributed by atoms with van der Waals surface area (Å²) in [5.41, 5.74) is 4.63. The zero-order chi connectivity index (χ0) is 20.7. The average Bonchev–Trinajstić information content (AvgIpc) is 2.90. The van der Waals surface area contributed by atoms with Crippen molar-refractivity contribution in [3.8, 4) is 0 Å². The summed E-state index contributed by atoms with van der Waals surface area (Å²) in [6, 6.07) is 1.37. The maximum Gasteiger partial charge on any atom is 0.351 e. The van der Waals surface area contributed by atoms with Gasteiger partial charge in [-0.15, -0.1) is 0 Å². The second-order valence-electron chi connectivity index (χ2n) is 5.60. The largest absolute Gasteiger partial charge is 0.394 e. The van der Waals surface area contributed by atoms with Crippen LogP contribution in [0.15, 0.2) is 17.1 Å². The molecule has 1 saturated heterocycles. The number of rotatable bonds is 6. The van der Waals surface area contributed by atoms with Crippen LogP contribution in [0.2, 0.25) is 0 Å². The van der Waals surface area contributed by atoms with Crippen molar-refractivity contribution < 1.29 is 44.6 Å². The Morgan fingerprint density at radius 1 is 1.33 bits per heavy atom. The second-order valence-corrected chi connectivity index (χ2v) is 5.60. The number of hydrogen-bond donors (Lipinski definition) is 7. The lowest BCUT2D eigenvalue weighted by molar-refractivity contribution is -0.126. The van der Waals surface area contributed by atoms with Crippen LogP contribution in [-0.2, 0) is 9.53 Å². The van der Waals surface area contributed by atoms with E-state index < -0.39 is 55.4 Å². The van der Waals surface area contributed by atoms with Gasteiger partial charge in [-0.3, -0.25) is 4.57 Å². The number of carbonyl (C=O) groups is 1. The molecule has 1 aliphatic rings. The molecule has 1 aromatic heterocycles. The highest BCUT2D eigenvalue weighted by atomic mass is 19.1. The molecule has 0 spiro atoms. The zero-order valence-electron chi connectivity index (χ0n) is 13.9. The van der Waals surface area contributed by atoms with Gasteiger partial charge in [0, 0.05) is 12.6 Å². The van der Waals surface area contributed by atoms with E-state index in [2.05, 4.69) is 4.98 Å². The van der Waals surface area contributed by atoms with Crippen LogP contribution in [-0.4, -0.2) is 90.0 Å². The number of aliphatic hydroxyl groups is 6. The summed E-state index contributed by atoms with van der Waals surface area (Å²) in [7, 11) is 0. The molecule has 0 amide bonds. The normalized spacial score (nSPS) is 28.0. The summed E-state index contributed by atoms with van der Waals surface area (Å²) in [5, 5.41) is 53.3. The van der Waals surface area contributed by atoms with Crippen molar-refractivity contribution in [3.05, 3.63) is 22.7 Å². The molecule has 13 heteroatoms. The van der Waals surface area contributed by atoms with Crippen molar-refractivity contribution in [2.75, 3.05) is 12.3 Å². The topological polar surface area (TPSA) is 209 Å². The van der Waals surface area contributed by atoms with Gasteiger partial charge in [-0.2, -0.15) is 4.98 Å². The Labute approximate surface area is 151 Å². The molecule has 3 unspecified atom stereocenters. The predicted molar refractivity (Wildman–Crippen MR) is 85.7 cm³/mol. The maximum absolute atomic E-state index is 11.7. The minimum Gasteiger partial charge on any atom is -0.394 e. The van der Waals surface area contributed by atoms with E-state index in [1.54, 1.807) is 0 Å². The van der Waals surface area contributed by atoms with Gasteiger partial charge in [0.25, 0.3) is 0 Å². The van der Waals surface area contributed by atoms with Crippen molar-refractivity contribution in [1.82, 2.24) is 9.55 Å². The van der Waals surface area contributed by atoms with Gasteiger partial charge in [0.1, 0.15) is 36.5 Å². The van der Waals surface area contributed by atoms with Crippen LogP contribution in [0.1, 0.15) is 12.6 Å². The van der Waals surface area contributed by atoms with E-state index in [0.29, 0.717) is 6.29 Å². The van der Waals surface area contributed by atoms with E-state index in [-0.39, 0.29) is 12.2 Å². The van der Waals surface area contributed by atoms with Gasteiger partial charge < -0.3 is 45.9 Å². The fourth-order valence-electron chi connectivity index (χ4n) is 2.15. The van der Waals surface area contributed by atoms with Crippen molar-refractivity contribution in [1.29, 1.82) is 0 Å². The standard InChI is InChI=1S/C9H13N3O5.C5H9FO4/c10-5-1-2-12(9(16)11-5)8-7(15)6(14)4(3-13)17-8;6-5(10)4(9)3(8)1-2-7/h1-2,4,6-8,13-15H,3H2,(H2,10,11,16);2-5,8-10H,1H2/t4-,6-,7-,8-;/m1./s1. The third-order valence-corrected chi connectivity index (χ3v) is 3.66. The number of hydrogen-bond acceptors (Lipinski definition) is 11. The molecule has 0 bridgehead atoms. The first kappa shape index (κ1) is 23.0. The molecular weight excluding hydrogens is 373 g/mol. The summed E-state index contributed by atoms with van der Waals surface area (Å²) in [6.07, 6.45) is -9.26. The lowest BCUT2D eigenvalue weighted by Crippen LogP contribution is -2.36. The molecule has 154 valence electrons. The third kappa shape index (κ3) is 6.00. The van der Waals surface area contributed by atoms with Gasteiger partial charge in [0.05, 0.1) is 12.7 Å². The molecule has 0 radical (unpaired) electrons. The van der Waals surface area contributed by atoms with Gasteiger partial charge >= 0.3 is 5.69 Å². The molecule has 0 saturated carbocycles. The highest BCUT2D eigenvalue weighted by Gasteiger charge is 2.43. The number of ether oxygens (including phenoxy) is 1. The summed E-state index contributed by atoms with van der Waals surface area (Å²) in [5.74, 6) is 0.0537. The maximum atomic E-state index is 11.7. The Balaban J connectivity index is 0.000000314. The molecule has 0 aliphatic carbocycles. The summed E-state index contributed by atoms with van der Waals surface area (Å²) < 4.78 is 17.9. The van der Waals surface area contributed by atoms with E-state index in [9.17, 15) is 24.2 Å². The van der Waals surface area contributed by atoms with Crippen LogP contribution in [0.3, 0.4) is 0 Å². The molecule has 1 aromatic rings. The number of nitrogens with zero attached hydrogens (tertiary/aromatic N) is 2. The Hall–Kier alpha value is -2.00. The van der Waals surface area contributed by atoms with Crippen LogP contribution < -0.4 is 11.4 Å². The first-order valence-electron chi connectivity index (χ1n) is 7.73. The summed E-state index contributed by atoms with van der Waals surface area (Å²) in [4.78, 5) is 24.7. The molecule has 12 nitrogen and oxygen atoms in total. The molecule has 1 fully saturated rings. The minimum absolute atomic E-state index is 0.0537. The van der Waals surface area contributed by atoms with Crippen molar-refractivity contribution in [2.45, 2.75) is 49.5 Å². The molecule has 2 rings (SSSR count). The third-order valence-electron chi connectivity index (χ3n) is 3.66. The minimum atomic E-state index is -2.50. The molecule has 8 N–H and O–H groups in total. The van der Waals surface area contributed by atoms with Crippen molar-refractivity contribution in [3.63, 3.8) is 0 Å². The van der Waals surface area contributed by atoms with Gasteiger partial charge in [-0.1, -0.05) is 0 Å². The van der Waals surface area contributed by atoms with E-state index in [1.165, 1.54) is 12.3 Å². The first-order chi connectivity index (χ1) is 12.6. The van der Waals surface area contributed by atoms with Gasteiger partial charge in [0.2, 0.25) is 6.36 Å². The Morgan fingerprint density at radius 2 is 1.96 bits per heavy atom. The molecule has 7 atom stereocenters.